The number of anilines is 2. The van der Waals surface area contributed by atoms with Gasteiger partial charge in [-0.25, -0.2) is 9.37 Å². The smallest absolute Gasteiger partial charge is 0.257 e. The molecule has 0 saturated carbocycles. The van der Waals surface area contributed by atoms with Crippen molar-refractivity contribution in [2.75, 3.05) is 43.5 Å². The number of methoxy groups -OCH3 is 1. The maximum absolute atomic E-state index is 13.0. The van der Waals surface area contributed by atoms with Gasteiger partial charge in [0.15, 0.2) is 5.13 Å². The summed E-state index contributed by atoms with van der Waals surface area (Å²) in [6, 6.07) is 13.1. The first-order valence-electron chi connectivity index (χ1n) is 10.2. The number of amides is 2. The quantitative estimate of drug-likeness (QED) is 0.618. The standard InChI is InChI=1S/C23H23FN4O3S/c1-31-20-5-3-2-4-19(20)27-10-12-28(13-11-27)21(29)14-18-15-32-23(25-18)26-22(30)16-6-8-17(24)9-7-16/h2-9,15H,10-14H2,1H3,(H,25,26,30). The number of hydrogen-bond donors (Lipinski definition) is 1. The highest BCUT2D eigenvalue weighted by Gasteiger charge is 2.23. The second kappa shape index (κ2) is 9.78. The van der Waals surface area contributed by atoms with E-state index in [1.807, 2.05) is 29.2 Å². The highest BCUT2D eigenvalue weighted by molar-refractivity contribution is 7.14. The molecule has 7 nitrogen and oxygen atoms in total. The van der Waals surface area contributed by atoms with Crippen LogP contribution in [0.5, 0.6) is 5.75 Å². The molecule has 0 spiro atoms. The van der Waals surface area contributed by atoms with Gasteiger partial charge in [-0.15, -0.1) is 11.3 Å². The van der Waals surface area contributed by atoms with Crippen LogP contribution in [0.1, 0.15) is 16.1 Å². The van der Waals surface area contributed by atoms with Crippen molar-refractivity contribution in [3.05, 3.63) is 71.0 Å². The number of carbonyl (C=O) groups is 2. The van der Waals surface area contributed by atoms with Crippen molar-refractivity contribution in [2.24, 2.45) is 0 Å². The van der Waals surface area contributed by atoms with Gasteiger partial charge in [-0.3, -0.25) is 14.9 Å². The molecular formula is C23H23FN4O3S. The summed E-state index contributed by atoms with van der Waals surface area (Å²) < 4.78 is 18.5. The third kappa shape index (κ3) is 5.05. The van der Waals surface area contributed by atoms with Crippen LogP contribution in [0.25, 0.3) is 0 Å². The Morgan fingerprint density at radius 1 is 1.09 bits per heavy atom. The number of para-hydroxylation sites is 2. The first-order chi connectivity index (χ1) is 15.5. The fourth-order valence-electron chi connectivity index (χ4n) is 3.57. The third-order valence-electron chi connectivity index (χ3n) is 5.27. The van der Waals surface area contributed by atoms with Gasteiger partial charge in [0.1, 0.15) is 11.6 Å². The minimum atomic E-state index is -0.402. The molecule has 1 aliphatic heterocycles. The Morgan fingerprint density at radius 3 is 2.53 bits per heavy atom. The topological polar surface area (TPSA) is 74.8 Å². The van der Waals surface area contributed by atoms with Crippen molar-refractivity contribution in [1.82, 2.24) is 9.88 Å². The lowest BCUT2D eigenvalue weighted by Gasteiger charge is -2.36. The summed E-state index contributed by atoms with van der Waals surface area (Å²) in [5.74, 6) is 0.0568. The van der Waals surface area contributed by atoms with Gasteiger partial charge in [0.05, 0.1) is 24.9 Å². The van der Waals surface area contributed by atoms with Gasteiger partial charge >= 0.3 is 0 Å². The van der Waals surface area contributed by atoms with Crippen LogP contribution in [0.3, 0.4) is 0 Å². The second-order valence-electron chi connectivity index (χ2n) is 7.32. The molecule has 2 heterocycles. The number of hydrogen-bond acceptors (Lipinski definition) is 6. The Hall–Kier alpha value is -3.46. The summed E-state index contributed by atoms with van der Waals surface area (Å²) in [4.78, 5) is 33.4. The van der Waals surface area contributed by atoms with Gasteiger partial charge in [-0.05, 0) is 36.4 Å². The molecular weight excluding hydrogens is 431 g/mol. The molecule has 2 aromatic carbocycles. The average molecular weight is 455 g/mol. The predicted molar refractivity (Wildman–Crippen MR) is 122 cm³/mol. The number of nitrogens with zero attached hydrogens (tertiary/aromatic N) is 3. The Labute approximate surface area is 189 Å². The van der Waals surface area contributed by atoms with Gasteiger partial charge in [0.2, 0.25) is 5.91 Å². The van der Waals surface area contributed by atoms with Gasteiger partial charge in [-0.2, -0.15) is 0 Å². The van der Waals surface area contributed by atoms with Crippen LogP contribution in [-0.4, -0.2) is 55.0 Å². The molecule has 3 aromatic rings. The molecule has 166 valence electrons. The summed E-state index contributed by atoms with van der Waals surface area (Å²) in [5, 5.41) is 4.86. The van der Waals surface area contributed by atoms with Crippen molar-refractivity contribution >= 4 is 34.0 Å². The van der Waals surface area contributed by atoms with Gasteiger partial charge in [-0.1, -0.05) is 12.1 Å². The zero-order valence-corrected chi connectivity index (χ0v) is 18.4. The summed E-state index contributed by atoms with van der Waals surface area (Å²) >= 11 is 1.26. The Morgan fingerprint density at radius 2 is 1.81 bits per heavy atom. The van der Waals surface area contributed by atoms with Crippen LogP contribution < -0.4 is 15.0 Å². The SMILES string of the molecule is COc1ccccc1N1CCN(C(=O)Cc2csc(NC(=O)c3ccc(F)cc3)n2)CC1. The summed E-state index contributed by atoms with van der Waals surface area (Å²) in [6.45, 7) is 2.69. The van der Waals surface area contributed by atoms with E-state index in [9.17, 15) is 14.0 Å². The molecule has 1 aliphatic rings. The molecule has 0 bridgehead atoms. The van der Waals surface area contributed by atoms with Crippen LogP contribution in [0.4, 0.5) is 15.2 Å². The van der Waals surface area contributed by atoms with Crippen LogP contribution in [0.15, 0.2) is 53.9 Å². The summed E-state index contributed by atoms with van der Waals surface area (Å²) in [7, 11) is 1.66. The lowest BCUT2D eigenvalue weighted by Crippen LogP contribution is -2.49. The van der Waals surface area contributed by atoms with E-state index >= 15 is 0 Å². The van der Waals surface area contributed by atoms with E-state index in [1.54, 1.807) is 12.5 Å². The number of ether oxygens (including phenoxy) is 1. The Bertz CT molecular complexity index is 1090. The number of piperazine rings is 1. The molecule has 0 aliphatic carbocycles. The van der Waals surface area contributed by atoms with Crippen molar-refractivity contribution in [3.63, 3.8) is 0 Å². The zero-order chi connectivity index (χ0) is 22.5. The summed E-state index contributed by atoms with van der Waals surface area (Å²) in [6.07, 6.45) is 0.178. The van der Waals surface area contributed by atoms with Crippen molar-refractivity contribution in [3.8, 4) is 5.75 Å². The first kappa shape index (κ1) is 21.8. The zero-order valence-electron chi connectivity index (χ0n) is 17.6. The molecule has 9 heteroatoms. The molecule has 4 rings (SSSR count). The van der Waals surface area contributed by atoms with Gasteiger partial charge in [0, 0.05) is 37.1 Å². The highest BCUT2D eigenvalue weighted by Crippen LogP contribution is 2.28. The van der Waals surface area contributed by atoms with E-state index in [4.69, 9.17) is 4.74 Å². The number of thiazole rings is 1. The van der Waals surface area contributed by atoms with E-state index in [-0.39, 0.29) is 18.2 Å². The lowest BCUT2D eigenvalue weighted by atomic mass is 10.2. The Kier molecular flexibility index (Phi) is 6.65. The number of nitrogens with one attached hydrogen (secondary N) is 1. The highest BCUT2D eigenvalue weighted by atomic mass is 32.1. The average Bonchev–Trinajstić information content (AvgIpc) is 3.26. The van der Waals surface area contributed by atoms with E-state index in [0.29, 0.717) is 29.5 Å². The molecule has 0 radical (unpaired) electrons. The number of rotatable bonds is 6. The maximum atomic E-state index is 13.0. The fourth-order valence-corrected chi connectivity index (χ4v) is 4.28. The Balaban J connectivity index is 1.30. The van der Waals surface area contributed by atoms with Crippen molar-refractivity contribution < 1.29 is 18.7 Å². The number of halogens is 1. The fraction of sp³-hybridized carbons (Fsp3) is 0.261. The summed E-state index contributed by atoms with van der Waals surface area (Å²) in [5.41, 5.74) is 1.98. The van der Waals surface area contributed by atoms with Gasteiger partial charge in [0.25, 0.3) is 5.91 Å². The first-order valence-corrected chi connectivity index (χ1v) is 11.1. The molecule has 2 amide bonds. The van der Waals surface area contributed by atoms with Crippen LogP contribution in [0, 0.1) is 5.82 Å². The van der Waals surface area contributed by atoms with Crippen LogP contribution >= 0.6 is 11.3 Å². The number of aromatic nitrogens is 1. The maximum Gasteiger partial charge on any atom is 0.257 e. The monoisotopic (exact) mass is 454 g/mol. The van der Waals surface area contributed by atoms with E-state index in [1.165, 1.54) is 35.6 Å². The number of benzene rings is 2. The molecule has 0 unspecified atom stereocenters. The largest absolute Gasteiger partial charge is 0.495 e. The van der Waals surface area contributed by atoms with Crippen LogP contribution in [-0.2, 0) is 11.2 Å². The van der Waals surface area contributed by atoms with E-state index in [2.05, 4.69) is 15.2 Å². The predicted octanol–water partition coefficient (Wildman–Crippen LogP) is 3.43. The lowest BCUT2D eigenvalue weighted by molar-refractivity contribution is -0.130. The second-order valence-corrected chi connectivity index (χ2v) is 8.18. The third-order valence-corrected chi connectivity index (χ3v) is 6.08. The molecule has 1 N–H and O–H groups in total. The molecule has 1 fully saturated rings. The van der Waals surface area contributed by atoms with Crippen molar-refractivity contribution in [1.29, 1.82) is 0 Å². The molecule has 1 aromatic heterocycles. The van der Waals surface area contributed by atoms with Gasteiger partial charge < -0.3 is 14.5 Å². The van der Waals surface area contributed by atoms with E-state index in [0.717, 1.165) is 24.5 Å². The molecule has 0 atom stereocenters. The minimum Gasteiger partial charge on any atom is -0.495 e. The van der Waals surface area contributed by atoms with Crippen LogP contribution in [0.2, 0.25) is 0 Å². The minimum absolute atomic E-state index is 0.00591. The van der Waals surface area contributed by atoms with E-state index < -0.39 is 5.82 Å². The molecule has 1 saturated heterocycles. The molecule has 32 heavy (non-hydrogen) atoms. The van der Waals surface area contributed by atoms with Crippen molar-refractivity contribution in [2.45, 2.75) is 6.42 Å². The normalized spacial score (nSPS) is 13.7. The number of carbonyl (C=O) groups excluding carboxylic acids is 2.